The van der Waals surface area contributed by atoms with Crippen LogP contribution in [0.3, 0.4) is 0 Å². The molecule has 4 nitrogen and oxygen atoms in total. The van der Waals surface area contributed by atoms with Crippen molar-refractivity contribution in [2.24, 2.45) is 5.41 Å². The minimum Gasteiger partial charge on any atom is -0.372 e. The number of nitrogens with zero attached hydrogens (tertiary/aromatic N) is 1. The van der Waals surface area contributed by atoms with E-state index in [0.29, 0.717) is 11.4 Å². The zero-order chi connectivity index (χ0) is 14.8. The summed E-state index contributed by atoms with van der Waals surface area (Å²) in [6, 6.07) is 2.04. The fourth-order valence-electron chi connectivity index (χ4n) is 2.81. The molecule has 1 unspecified atom stereocenters. The van der Waals surface area contributed by atoms with Crippen molar-refractivity contribution in [1.82, 2.24) is 10.3 Å². The molecule has 0 spiro atoms. The molecule has 2 rings (SSSR count). The lowest BCUT2D eigenvalue weighted by atomic mass is 9.73. The van der Waals surface area contributed by atoms with Crippen molar-refractivity contribution in [3.05, 3.63) is 22.3 Å². The number of nitrogens with one attached hydrogen (secondary N) is 2. The smallest absolute Gasteiger partial charge is 0.255 e. The maximum Gasteiger partial charge on any atom is 0.255 e. The van der Waals surface area contributed by atoms with Gasteiger partial charge in [0.05, 0.1) is 5.56 Å². The van der Waals surface area contributed by atoms with Gasteiger partial charge in [0.25, 0.3) is 5.91 Å². The van der Waals surface area contributed by atoms with Crippen LogP contribution < -0.4 is 10.6 Å². The third-order valence-electron chi connectivity index (χ3n) is 4.15. The number of hydrogen-bond acceptors (Lipinski definition) is 3. The minimum absolute atomic E-state index is 0.0527. The Labute approximate surface area is 128 Å². The van der Waals surface area contributed by atoms with Gasteiger partial charge in [-0.25, -0.2) is 4.98 Å². The Kier molecular flexibility index (Phi) is 4.68. The normalized spacial score (nSPS) is 21.3. The van der Waals surface area contributed by atoms with E-state index in [9.17, 15) is 4.79 Å². The molecule has 20 heavy (non-hydrogen) atoms. The van der Waals surface area contributed by atoms with Gasteiger partial charge in [0.2, 0.25) is 0 Å². The fraction of sp³-hybridized carbons (Fsp3) is 0.600. The highest BCUT2D eigenvalue weighted by Gasteiger charge is 2.33. The first-order valence-electron chi connectivity index (χ1n) is 7.08. The number of rotatable bonds is 3. The Bertz CT molecular complexity index is 502. The zero-order valence-electron chi connectivity index (χ0n) is 12.3. The van der Waals surface area contributed by atoms with E-state index in [1.165, 1.54) is 12.8 Å². The summed E-state index contributed by atoms with van der Waals surface area (Å²) in [6.45, 7) is 4.46. The highest BCUT2D eigenvalue weighted by Crippen LogP contribution is 2.35. The maximum atomic E-state index is 12.5. The molecule has 0 aromatic carbocycles. The van der Waals surface area contributed by atoms with Crippen LogP contribution in [-0.4, -0.2) is 24.0 Å². The molecule has 1 aromatic heterocycles. The van der Waals surface area contributed by atoms with E-state index in [4.69, 9.17) is 0 Å². The molecule has 1 atom stereocenters. The van der Waals surface area contributed by atoms with Crippen LogP contribution in [0.1, 0.15) is 49.9 Å². The van der Waals surface area contributed by atoms with Gasteiger partial charge < -0.3 is 10.6 Å². The Hall–Kier alpha value is -1.10. The molecule has 0 aliphatic heterocycles. The van der Waals surface area contributed by atoms with Gasteiger partial charge in [0.1, 0.15) is 5.82 Å². The average molecular weight is 340 g/mol. The van der Waals surface area contributed by atoms with Crippen LogP contribution in [0.4, 0.5) is 5.82 Å². The molecule has 1 aliphatic carbocycles. The van der Waals surface area contributed by atoms with Crippen molar-refractivity contribution in [1.29, 1.82) is 0 Å². The summed E-state index contributed by atoms with van der Waals surface area (Å²) in [5, 5.41) is 6.16. The molecular formula is C15H22BrN3O. The van der Waals surface area contributed by atoms with E-state index in [-0.39, 0.29) is 17.4 Å². The molecule has 1 saturated carbocycles. The largest absolute Gasteiger partial charge is 0.372 e. The topological polar surface area (TPSA) is 54.0 Å². The molecule has 1 fully saturated rings. The van der Waals surface area contributed by atoms with E-state index in [1.807, 2.05) is 6.07 Å². The number of carbonyl (C=O) groups excluding carboxylic acids is 1. The van der Waals surface area contributed by atoms with Crippen molar-refractivity contribution >= 4 is 27.7 Å². The van der Waals surface area contributed by atoms with Crippen LogP contribution >= 0.6 is 15.9 Å². The lowest BCUT2D eigenvalue weighted by Crippen LogP contribution is -2.47. The first-order valence-corrected chi connectivity index (χ1v) is 7.87. The molecule has 1 aliphatic rings. The van der Waals surface area contributed by atoms with Crippen LogP contribution in [0.2, 0.25) is 0 Å². The number of amides is 1. The molecular weight excluding hydrogens is 318 g/mol. The second-order valence-corrected chi connectivity index (χ2v) is 6.98. The van der Waals surface area contributed by atoms with E-state index in [2.05, 4.69) is 45.4 Å². The number of aromatic nitrogens is 1. The highest BCUT2D eigenvalue weighted by atomic mass is 79.9. The summed E-state index contributed by atoms with van der Waals surface area (Å²) in [5.74, 6) is 0.558. The van der Waals surface area contributed by atoms with Gasteiger partial charge in [0.15, 0.2) is 0 Å². The molecule has 0 bridgehead atoms. The van der Waals surface area contributed by atoms with E-state index in [0.717, 1.165) is 17.3 Å². The summed E-state index contributed by atoms with van der Waals surface area (Å²) in [6.07, 6.45) is 6.33. The summed E-state index contributed by atoms with van der Waals surface area (Å²) in [4.78, 5) is 16.7. The first-order chi connectivity index (χ1) is 9.44. The molecule has 5 heteroatoms. The Balaban J connectivity index is 2.17. The number of pyridine rings is 1. The summed E-state index contributed by atoms with van der Waals surface area (Å²) in [5.41, 5.74) is 0.746. The molecule has 2 N–H and O–H groups in total. The van der Waals surface area contributed by atoms with Crippen molar-refractivity contribution < 1.29 is 4.79 Å². The Morgan fingerprint density at radius 1 is 1.45 bits per heavy atom. The zero-order valence-corrected chi connectivity index (χ0v) is 13.9. The molecule has 0 radical (unpaired) electrons. The quantitative estimate of drug-likeness (QED) is 0.884. The van der Waals surface area contributed by atoms with E-state index in [1.54, 1.807) is 13.2 Å². The predicted molar refractivity (Wildman–Crippen MR) is 85.0 cm³/mol. The van der Waals surface area contributed by atoms with Gasteiger partial charge in [0, 0.05) is 23.8 Å². The van der Waals surface area contributed by atoms with Crippen molar-refractivity contribution in [2.75, 3.05) is 12.4 Å². The van der Waals surface area contributed by atoms with Crippen molar-refractivity contribution in [2.45, 2.75) is 45.6 Å². The first kappa shape index (κ1) is 15.3. The lowest BCUT2D eigenvalue weighted by Gasteiger charge is -2.39. The fourth-order valence-corrected chi connectivity index (χ4v) is 3.14. The number of hydrogen-bond donors (Lipinski definition) is 2. The Morgan fingerprint density at radius 3 is 2.85 bits per heavy atom. The minimum atomic E-state index is -0.0527. The third kappa shape index (κ3) is 3.32. The Morgan fingerprint density at radius 2 is 2.20 bits per heavy atom. The maximum absolute atomic E-state index is 12.5. The van der Waals surface area contributed by atoms with E-state index < -0.39 is 0 Å². The second-order valence-electron chi connectivity index (χ2n) is 6.06. The molecule has 1 heterocycles. The van der Waals surface area contributed by atoms with Gasteiger partial charge in [-0.05, 0) is 40.3 Å². The number of halogens is 1. The average Bonchev–Trinajstić information content (AvgIpc) is 2.41. The predicted octanol–water partition coefficient (Wildman–Crippen LogP) is 3.58. The number of anilines is 1. The summed E-state index contributed by atoms with van der Waals surface area (Å²) < 4.78 is 0.810. The summed E-state index contributed by atoms with van der Waals surface area (Å²) >= 11 is 3.37. The molecule has 110 valence electrons. The van der Waals surface area contributed by atoms with Crippen LogP contribution in [0.5, 0.6) is 0 Å². The highest BCUT2D eigenvalue weighted by molar-refractivity contribution is 9.10. The lowest BCUT2D eigenvalue weighted by molar-refractivity contribution is 0.0854. The second kappa shape index (κ2) is 6.12. The number of carbonyl (C=O) groups is 1. The van der Waals surface area contributed by atoms with Gasteiger partial charge in [-0.2, -0.15) is 0 Å². The van der Waals surface area contributed by atoms with Gasteiger partial charge in [-0.15, -0.1) is 0 Å². The van der Waals surface area contributed by atoms with Gasteiger partial charge in [-0.1, -0.05) is 26.7 Å². The van der Waals surface area contributed by atoms with Gasteiger partial charge >= 0.3 is 0 Å². The SMILES string of the molecule is CNc1ncc(Br)cc1C(=O)NC1CCCCC1(C)C. The van der Waals surface area contributed by atoms with Crippen LogP contribution in [-0.2, 0) is 0 Å². The standard InChI is InChI=1S/C15H22BrN3O/c1-15(2)7-5-4-6-12(15)19-14(20)11-8-10(16)9-18-13(11)17-3/h8-9,12H,4-7H2,1-3H3,(H,17,18)(H,19,20). The monoisotopic (exact) mass is 339 g/mol. The van der Waals surface area contributed by atoms with Crippen molar-refractivity contribution in [3.8, 4) is 0 Å². The van der Waals surface area contributed by atoms with Crippen molar-refractivity contribution in [3.63, 3.8) is 0 Å². The molecule has 1 amide bonds. The van der Waals surface area contributed by atoms with Gasteiger partial charge in [-0.3, -0.25) is 4.79 Å². The third-order valence-corrected chi connectivity index (χ3v) is 4.58. The van der Waals surface area contributed by atoms with E-state index >= 15 is 0 Å². The van der Waals surface area contributed by atoms with Crippen LogP contribution in [0.25, 0.3) is 0 Å². The van der Waals surface area contributed by atoms with Crippen LogP contribution in [0.15, 0.2) is 16.7 Å². The summed E-state index contributed by atoms with van der Waals surface area (Å²) in [7, 11) is 1.78. The molecule has 1 aromatic rings. The molecule has 0 saturated heterocycles. The van der Waals surface area contributed by atoms with Crippen LogP contribution in [0, 0.1) is 5.41 Å².